The lowest BCUT2D eigenvalue weighted by Crippen LogP contribution is -2.45. The zero-order chi connectivity index (χ0) is 17.9. The highest BCUT2D eigenvalue weighted by Gasteiger charge is 2.16. The van der Waals surface area contributed by atoms with Crippen molar-refractivity contribution in [3.05, 3.63) is 30.1 Å². The first-order valence-corrected chi connectivity index (χ1v) is 9.91. The van der Waals surface area contributed by atoms with E-state index in [4.69, 9.17) is 0 Å². The molecular formula is C18H28N4O2S. The molecule has 1 aromatic heterocycles. The second-order valence-corrected chi connectivity index (χ2v) is 7.52. The highest BCUT2D eigenvalue weighted by molar-refractivity contribution is 8.13. The molecule has 2 heterocycles. The standard InChI is InChI=1S/C18H28N4O2S/c1-16(23)25-14-13-22(12-11-21-9-3-2-4-10-21)18(24)20-15-17-5-7-19-8-6-17/h5-8H,2-4,9-15H2,1H3,(H,20,24). The van der Waals surface area contributed by atoms with E-state index >= 15 is 0 Å². The summed E-state index contributed by atoms with van der Waals surface area (Å²) in [6.07, 6.45) is 7.24. The molecule has 0 aromatic carbocycles. The third-order valence-electron chi connectivity index (χ3n) is 4.28. The molecular weight excluding hydrogens is 336 g/mol. The maximum absolute atomic E-state index is 12.6. The molecule has 0 atom stereocenters. The minimum Gasteiger partial charge on any atom is -0.334 e. The van der Waals surface area contributed by atoms with Crippen LogP contribution in [0.25, 0.3) is 0 Å². The summed E-state index contributed by atoms with van der Waals surface area (Å²) in [5.74, 6) is 0.637. The fourth-order valence-electron chi connectivity index (χ4n) is 2.85. The summed E-state index contributed by atoms with van der Waals surface area (Å²) in [6, 6.07) is 3.71. The number of nitrogens with zero attached hydrogens (tertiary/aromatic N) is 3. The molecule has 2 rings (SSSR count). The molecule has 0 radical (unpaired) electrons. The molecule has 1 fully saturated rings. The van der Waals surface area contributed by atoms with E-state index in [1.165, 1.54) is 31.0 Å². The van der Waals surface area contributed by atoms with Gasteiger partial charge in [-0.25, -0.2) is 4.79 Å². The Balaban J connectivity index is 1.82. The number of rotatable bonds is 8. The molecule has 0 spiro atoms. The van der Waals surface area contributed by atoms with Gasteiger partial charge in [0.05, 0.1) is 0 Å². The minimum atomic E-state index is -0.0713. The monoisotopic (exact) mass is 364 g/mol. The van der Waals surface area contributed by atoms with E-state index in [1.807, 2.05) is 17.0 Å². The van der Waals surface area contributed by atoms with Gasteiger partial charge < -0.3 is 15.1 Å². The number of carbonyl (C=O) groups is 2. The second-order valence-electron chi connectivity index (χ2n) is 6.24. The number of nitrogens with one attached hydrogen (secondary N) is 1. The van der Waals surface area contributed by atoms with Crippen LogP contribution in [0.4, 0.5) is 4.79 Å². The SMILES string of the molecule is CC(=O)SCCN(CCN1CCCCC1)C(=O)NCc1ccncc1. The van der Waals surface area contributed by atoms with Gasteiger partial charge in [0.2, 0.25) is 0 Å². The Morgan fingerprint density at radius 3 is 2.60 bits per heavy atom. The van der Waals surface area contributed by atoms with Crippen LogP contribution < -0.4 is 5.32 Å². The first-order valence-electron chi connectivity index (χ1n) is 8.92. The lowest BCUT2D eigenvalue weighted by atomic mass is 10.1. The van der Waals surface area contributed by atoms with Crippen LogP contribution in [0.1, 0.15) is 31.7 Å². The quantitative estimate of drug-likeness (QED) is 0.767. The van der Waals surface area contributed by atoms with E-state index in [-0.39, 0.29) is 11.1 Å². The van der Waals surface area contributed by atoms with Crippen molar-refractivity contribution in [3.8, 4) is 0 Å². The number of thioether (sulfide) groups is 1. The Kier molecular flexibility index (Phi) is 8.76. The number of urea groups is 1. The number of hydrogen-bond acceptors (Lipinski definition) is 5. The highest BCUT2D eigenvalue weighted by Crippen LogP contribution is 2.09. The summed E-state index contributed by atoms with van der Waals surface area (Å²) in [6.45, 7) is 6.46. The van der Waals surface area contributed by atoms with E-state index in [0.717, 1.165) is 25.2 Å². The zero-order valence-corrected chi connectivity index (χ0v) is 15.8. The van der Waals surface area contributed by atoms with E-state index in [9.17, 15) is 9.59 Å². The molecule has 1 N–H and O–H groups in total. The topological polar surface area (TPSA) is 65.5 Å². The number of likely N-dealkylation sites (tertiary alicyclic amines) is 1. The minimum absolute atomic E-state index is 0.0713. The lowest BCUT2D eigenvalue weighted by molar-refractivity contribution is -0.109. The van der Waals surface area contributed by atoms with Gasteiger partial charge in [-0.3, -0.25) is 9.78 Å². The number of amides is 2. The first kappa shape index (κ1) is 19.7. The van der Waals surface area contributed by atoms with Gasteiger partial charge in [0.15, 0.2) is 5.12 Å². The van der Waals surface area contributed by atoms with Crippen LogP contribution in [0, 0.1) is 0 Å². The van der Waals surface area contributed by atoms with Crippen LogP contribution >= 0.6 is 11.8 Å². The predicted molar refractivity (Wildman–Crippen MR) is 101 cm³/mol. The van der Waals surface area contributed by atoms with E-state index in [0.29, 0.717) is 25.4 Å². The van der Waals surface area contributed by atoms with Crippen molar-refractivity contribution in [2.45, 2.75) is 32.7 Å². The molecule has 1 aliphatic heterocycles. The van der Waals surface area contributed by atoms with Crippen LogP contribution in [0.5, 0.6) is 0 Å². The van der Waals surface area contributed by atoms with Gasteiger partial charge >= 0.3 is 6.03 Å². The van der Waals surface area contributed by atoms with E-state index < -0.39 is 0 Å². The summed E-state index contributed by atoms with van der Waals surface area (Å²) in [7, 11) is 0. The van der Waals surface area contributed by atoms with Gasteiger partial charge in [0, 0.05) is 51.2 Å². The highest BCUT2D eigenvalue weighted by atomic mass is 32.2. The smallest absolute Gasteiger partial charge is 0.317 e. The molecule has 0 bridgehead atoms. The fourth-order valence-corrected chi connectivity index (χ4v) is 3.45. The molecule has 1 aliphatic rings. The normalized spacial score (nSPS) is 14.9. The molecule has 0 saturated carbocycles. The molecule has 0 unspecified atom stereocenters. The van der Waals surface area contributed by atoms with Gasteiger partial charge in [-0.1, -0.05) is 18.2 Å². The van der Waals surface area contributed by atoms with Gasteiger partial charge in [0.1, 0.15) is 0 Å². The summed E-state index contributed by atoms with van der Waals surface area (Å²) < 4.78 is 0. The summed E-state index contributed by atoms with van der Waals surface area (Å²) in [5, 5.41) is 3.06. The number of aromatic nitrogens is 1. The first-order chi connectivity index (χ1) is 12.1. The molecule has 6 nitrogen and oxygen atoms in total. The second kappa shape index (κ2) is 11.1. The van der Waals surface area contributed by atoms with Crippen molar-refractivity contribution < 1.29 is 9.59 Å². The molecule has 0 aliphatic carbocycles. The van der Waals surface area contributed by atoms with Crippen molar-refractivity contribution in [1.82, 2.24) is 20.1 Å². The summed E-state index contributed by atoms with van der Waals surface area (Å²) >= 11 is 1.27. The average molecular weight is 365 g/mol. The molecule has 7 heteroatoms. The predicted octanol–water partition coefficient (Wildman–Crippen LogP) is 2.36. The largest absolute Gasteiger partial charge is 0.334 e. The molecule has 138 valence electrons. The zero-order valence-electron chi connectivity index (χ0n) is 14.9. The Hall–Kier alpha value is -1.60. The number of pyridine rings is 1. The summed E-state index contributed by atoms with van der Waals surface area (Å²) in [4.78, 5) is 31.9. The molecule has 25 heavy (non-hydrogen) atoms. The van der Waals surface area contributed by atoms with Crippen LogP contribution in [0.2, 0.25) is 0 Å². The number of hydrogen-bond donors (Lipinski definition) is 1. The van der Waals surface area contributed by atoms with Gasteiger partial charge in [-0.2, -0.15) is 0 Å². The maximum Gasteiger partial charge on any atom is 0.317 e. The van der Waals surface area contributed by atoms with Gasteiger partial charge in [-0.05, 0) is 43.6 Å². The number of carbonyl (C=O) groups excluding carboxylic acids is 2. The fraction of sp³-hybridized carbons (Fsp3) is 0.611. The Labute approximate surface area is 154 Å². The van der Waals surface area contributed by atoms with Crippen molar-refractivity contribution in [3.63, 3.8) is 0 Å². The van der Waals surface area contributed by atoms with Crippen molar-refractivity contribution in [2.24, 2.45) is 0 Å². The van der Waals surface area contributed by atoms with Crippen LogP contribution in [0.15, 0.2) is 24.5 Å². The van der Waals surface area contributed by atoms with Crippen molar-refractivity contribution in [2.75, 3.05) is 38.5 Å². The van der Waals surface area contributed by atoms with Crippen molar-refractivity contribution in [1.29, 1.82) is 0 Å². The third kappa shape index (κ3) is 7.88. The molecule has 2 amide bonds. The molecule has 1 saturated heterocycles. The average Bonchev–Trinajstić information content (AvgIpc) is 2.64. The maximum atomic E-state index is 12.6. The Bertz CT molecular complexity index is 535. The Morgan fingerprint density at radius 1 is 1.20 bits per heavy atom. The molecule has 1 aromatic rings. The van der Waals surface area contributed by atoms with Crippen LogP contribution in [-0.4, -0.2) is 64.4 Å². The summed E-state index contributed by atoms with van der Waals surface area (Å²) in [5.41, 5.74) is 1.03. The van der Waals surface area contributed by atoms with Crippen LogP contribution in [-0.2, 0) is 11.3 Å². The Morgan fingerprint density at radius 2 is 1.92 bits per heavy atom. The van der Waals surface area contributed by atoms with Crippen LogP contribution in [0.3, 0.4) is 0 Å². The lowest BCUT2D eigenvalue weighted by Gasteiger charge is -2.30. The van der Waals surface area contributed by atoms with E-state index in [1.54, 1.807) is 19.3 Å². The third-order valence-corrected chi connectivity index (χ3v) is 5.07. The van der Waals surface area contributed by atoms with Gasteiger partial charge in [-0.15, -0.1) is 0 Å². The van der Waals surface area contributed by atoms with Gasteiger partial charge in [0.25, 0.3) is 0 Å². The van der Waals surface area contributed by atoms with E-state index in [2.05, 4.69) is 15.2 Å². The van der Waals surface area contributed by atoms with Crippen molar-refractivity contribution >= 4 is 22.9 Å². The number of piperidine rings is 1.